The largest absolute Gasteiger partial charge is 0.370 e. The highest BCUT2D eigenvalue weighted by molar-refractivity contribution is 5.95. The number of carbonyl (C=O) groups is 1. The number of carbonyl (C=O) groups excluding carboxylic acids is 1. The number of aromatic nitrogens is 1. The van der Waals surface area contributed by atoms with Gasteiger partial charge in [0.2, 0.25) is 0 Å². The van der Waals surface area contributed by atoms with Crippen molar-refractivity contribution in [2.45, 2.75) is 13.8 Å². The highest BCUT2D eigenvalue weighted by atomic mass is 16.5. The number of benzene rings is 1. The Morgan fingerprint density at radius 2 is 1.83 bits per heavy atom. The molecular formula is C17H21N3O3. The van der Waals surface area contributed by atoms with Crippen LogP contribution in [0, 0.1) is 13.8 Å². The van der Waals surface area contributed by atoms with E-state index >= 15 is 0 Å². The van der Waals surface area contributed by atoms with E-state index in [0.29, 0.717) is 18.8 Å². The Kier molecular flexibility index (Phi) is 3.98. The molecule has 122 valence electrons. The Bertz CT molecular complexity index is 783. The third-order valence-corrected chi connectivity index (χ3v) is 4.41. The summed E-state index contributed by atoms with van der Waals surface area (Å²) in [6.07, 6.45) is 0. The summed E-state index contributed by atoms with van der Waals surface area (Å²) in [5, 5.41) is 0. The van der Waals surface area contributed by atoms with E-state index in [1.807, 2.05) is 6.07 Å². The summed E-state index contributed by atoms with van der Waals surface area (Å²) in [6, 6.07) is 8.34. The molecule has 0 spiro atoms. The molecule has 1 aliphatic rings. The van der Waals surface area contributed by atoms with Crippen molar-refractivity contribution in [3.05, 3.63) is 51.5 Å². The average Bonchev–Trinajstić information content (AvgIpc) is 2.79. The first-order chi connectivity index (χ1) is 11.0. The second kappa shape index (κ2) is 5.95. The minimum atomic E-state index is -0.559. The van der Waals surface area contributed by atoms with E-state index < -0.39 is 5.63 Å². The van der Waals surface area contributed by atoms with Gasteiger partial charge in [-0.3, -0.25) is 4.79 Å². The molecule has 3 rings (SSSR count). The van der Waals surface area contributed by atoms with Crippen LogP contribution in [-0.4, -0.2) is 41.7 Å². The number of amides is 1. The highest BCUT2D eigenvalue weighted by Crippen LogP contribution is 2.18. The van der Waals surface area contributed by atoms with Gasteiger partial charge in [0, 0.05) is 38.9 Å². The van der Waals surface area contributed by atoms with Gasteiger partial charge in [0.15, 0.2) is 0 Å². The summed E-state index contributed by atoms with van der Waals surface area (Å²) < 4.78 is 6.31. The maximum Gasteiger partial charge on any atom is 0.370 e. The number of rotatable bonds is 2. The van der Waals surface area contributed by atoms with Gasteiger partial charge in [-0.25, -0.2) is 9.53 Å². The summed E-state index contributed by atoms with van der Waals surface area (Å²) in [5.74, 6) is -0.235. The molecule has 0 bridgehead atoms. The molecule has 6 heteroatoms. The third-order valence-electron chi connectivity index (χ3n) is 4.41. The van der Waals surface area contributed by atoms with E-state index in [0.717, 1.165) is 13.1 Å². The number of aryl methyl sites for hydroxylation is 2. The van der Waals surface area contributed by atoms with Crippen LogP contribution < -0.4 is 10.5 Å². The molecule has 1 amide bonds. The smallest absolute Gasteiger partial charge is 0.368 e. The Labute approximate surface area is 134 Å². The third kappa shape index (κ3) is 2.88. The maximum absolute atomic E-state index is 12.6. The normalized spacial score (nSPS) is 15.1. The minimum Gasteiger partial charge on any atom is -0.368 e. The van der Waals surface area contributed by atoms with E-state index in [4.69, 9.17) is 4.52 Å². The van der Waals surface area contributed by atoms with E-state index in [2.05, 4.69) is 30.0 Å². The summed E-state index contributed by atoms with van der Waals surface area (Å²) in [6.45, 7) is 6.50. The molecule has 1 fully saturated rings. The predicted molar refractivity (Wildman–Crippen MR) is 88.0 cm³/mol. The Morgan fingerprint density at radius 3 is 2.39 bits per heavy atom. The SMILES string of the molecule is Cc1cccc(N2CCN(C(=O)c3c(C)n(C)oc3=O)CC2)c1. The molecule has 1 aromatic carbocycles. The highest BCUT2D eigenvalue weighted by Gasteiger charge is 2.27. The lowest BCUT2D eigenvalue weighted by atomic mass is 10.1. The van der Waals surface area contributed by atoms with Crippen molar-refractivity contribution in [3.63, 3.8) is 0 Å². The average molecular weight is 315 g/mol. The predicted octanol–water partition coefficient (Wildman–Crippen LogP) is 1.56. The zero-order chi connectivity index (χ0) is 16.6. The first-order valence-corrected chi connectivity index (χ1v) is 7.75. The zero-order valence-corrected chi connectivity index (χ0v) is 13.7. The summed E-state index contributed by atoms with van der Waals surface area (Å²) in [5.41, 5.74) is 2.56. The summed E-state index contributed by atoms with van der Waals surface area (Å²) in [7, 11) is 1.63. The Morgan fingerprint density at radius 1 is 1.13 bits per heavy atom. The number of hydrogen-bond acceptors (Lipinski definition) is 4. The van der Waals surface area contributed by atoms with Gasteiger partial charge in [-0.2, -0.15) is 0 Å². The molecule has 1 aliphatic heterocycles. The van der Waals surface area contributed by atoms with Crippen molar-refractivity contribution >= 4 is 11.6 Å². The minimum absolute atomic E-state index is 0.150. The van der Waals surface area contributed by atoms with Crippen molar-refractivity contribution in [1.82, 2.24) is 9.64 Å². The van der Waals surface area contributed by atoms with Crippen molar-refractivity contribution in [2.24, 2.45) is 7.05 Å². The van der Waals surface area contributed by atoms with Crippen LogP contribution in [-0.2, 0) is 7.05 Å². The van der Waals surface area contributed by atoms with Gasteiger partial charge in [0.05, 0.1) is 5.69 Å². The van der Waals surface area contributed by atoms with Crippen LogP contribution in [0.5, 0.6) is 0 Å². The van der Waals surface area contributed by atoms with Gasteiger partial charge in [-0.15, -0.1) is 0 Å². The lowest BCUT2D eigenvalue weighted by Crippen LogP contribution is -2.49. The molecule has 0 unspecified atom stereocenters. The first-order valence-electron chi connectivity index (χ1n) is 7.75. The molecule has 23 heavy (non-hydrogen) atoms. The number of hydrogen-bond donors (Lipinski definition) is 0. The van der Waals surface area contributed by atoms with Gasteiger partial charge < -0.3 is 14.3 Å². The summed E-state index contributed by atoms with van der Waals surface area (Å²) >= 11 is 0. The van der Waals surface area contributed by atoms with Gasteiger partial charge in [-0.1, -0.05) is 12.1 Å². The van der Waals surface area contributed by atoms with E-state index in [9.17, 15) is 9.59 Å². The van der Waals surface area contributed by atoms with Crippen molar-refractivity contribution in [1.29, 1.82) is 0 Å². The number of anilines is 1. The second-order valence-electron chi connectivity index (χ2n) is 5.95. The quantitative estimate of drug-likeness (QED) is 0.844. The molecule has 0 radical (unpaired) electrons. The fourth-order valence-electron chi connectivity index (χ4n) is 2.94. The number of piperazine rings is 1. The lowest BCUT2D eigenvalue weighted by molar-refractivity contribution is 0.0743. The fraction of sp³-hybridized carbons (Fsp3) is 0.412. The fourth-order valence-corrected chi connectivity index (χ4v) is 2.94. The van der Waals surface area contributed by atoms with Crippen molar-refractivity contribution in [2.75, 3.05) is 31.1 Å². The van der Waals surface area contributed by atoms with Gasteiger partial charge in [0.1, 0.15) is 5.56 Å². The molecule has 0 aliphatic carbocycles. The zero-order valence-electron chi connectivity index (χ0n) is 13.7. The van der Waals surface area contributed by atoms with Gasteiger partial charge >= 0.3 is 5.63 Å². The second-order valence-corrected chi connectivity index (χ2v) is 5.95. The topological polar surface area (TPSA) is 58.7 Å². The summed E-state index contributed by atoms with van der Waals surface area (Å²) in [4.78, 5) is 28.4. The molecule has 0 saturated carbocycles. The van der Waals surface area contributed by atoms with Crippen LogP contribution in [0.3, 0.4) is 0 Å². The molecule has 6 nitrogen and oxygen atoms in total. The molecule has 0 atom stereocenters. The van der Waals surface area contributed by atoms with Crippen molar-refractivity contribution < 1.29 is 9.32 Å². The van der Waals surface area contributed by atoms with Gasteiger partial charge in [-0.05, 0) is 31.5 Å². The van der Waals surface area contributed by atoms with E-state index in [-0.39, 0.29) is 11.5 Å². The molecule has 0 N–H and O–H groups in total. The van der Waals surface area contributed by atoms with E-state index in [1.54, 1.807) is 18.9 Å². The van der Waals surface area contributed by atoms with Crippen LogP contribution in [0.4, 0.5) is 5.69 Å². The van der Waals surface area contributed by atoms with Crippen LogP contribution in [0.1, 0.15) is 21.6 Å². The van der Waals surface area contributed by atoms with Crippen molar-refractivity contribution in [3.8, 4) is 0 Å². The maximum atomic E-state index is 12.6. The standard InChI is InChI=1S/C17H21N3O3/c1-12-5-4-6-14(11-12)19-7-9-20(10-8-19)16(21)15-13(2)18(3)23-17(15)22/h4-6,11H,7-10H2,1-3H3. The monoisotopic (exact) mass is 315 g/mol. The lowest BCUT2D eigenvalue weighted by Gasteiger charge is -2.36. The molecule has 2 aromatic rings. The Balaban J connectivity index is 1.71. The molecule has 1 aromatic heterocycles. The van der Waals surface area contributed by atoms with Crippen LogP contribution in [0.15, 0.2) is 33.6 Å². The molecular weight excluding hydrogens is 294 g/mol. The van der Waals surface area contributed by atoms with Gasteiger partial charge in [0.25, 0.3) is 5.91 Å². The van der Waals surface area contributed by atoms with Crippen LogP contribution in [0.25, 0.3) is 0 Å². The van der Waals surface area contributed by atoms with Crippen LogP contribution in [0.2, 0.25) is 0 Å². The molecule has 2 heterocycles. The Hall–Kier alpha value is -2.50. The molecule has 1 saturated heterocycles. The van der Waals surface area contributed by atoms with Crippen LogP contribution >= 0.6 is 0 Å². The number of nitrogens with zero attached hydrogens (tertiary/aromatic N) is 3. The first kappa shape index (κ1) is 15.4. The van der Waals surface area contributed by atoms with E-state index in [1.165, 1.54) is 16.0 Å².